The molecule has 110 valence electrons. The maximum Gasteiger partial charge on any atom is 0.229 e. The first-order valence-corrected chi connectivity index (χ1v) is 7.61. The Balaban J connectivity index is 1.71. The van der Waals surface area contributed by atoms with Crippen molar-refractivity contribution in [2.75, 3.05) is 18.5 Å². The molecular formula is C15H22N2O3. The summed E-state index contributed by atoms with van der Waals surface area (Å²) in [5.74, 6) is 1.93. The van der Waals surface area contributed by atoms with E-state index in [9.17, 15) is 4.79 Å². The van der Waals surface area contributed by atoms with Gasteiger partial charge in [-0.1, -0.05) is 18.5 Å². The molecule has 1 fully saturated rings. The van der Waals surface area contributed by atoms with Crippen LogP contribution in [0.1, 0.15) is 43.9 Å². The highest BCUT2D eigenvalue weighted by molar-refractivity contribution is 5.92. The number of carbonyl (C=O) groups excluding carboxylic acids is 1. The van der Waals surface area contributed by atoms with Crippen molar-refractivity contribution in [3.63, 3.8) is 0 Å². The van der Waals surface area contributed by atoms with Crippen LogP contribution in [-0.4, -0.2) is 24.3 Å². The molecule has 1 N–H and O–H groups in total. The number of nitrogens with one attached hydrogen (secondary N) is 1. The van der Waals surface area contributed by atoms with Gasteiger partial charge in [-0.25, -0.2) is 0 Å². The lowest BCUT2D eigenvalue weighted by molar-refractivity contribution is -0.125. The predicted octanol–water partition coefficient (Wildman–Crippen LogP) is 2.55. The van der Waals surface area contributed by atoms with Crippen LogP contribution in [0, 0.1) is 11.8 Å². The summed E-state index contributed by atoms with van der Waals surface area (Å²) in [6.07, 6.45) is 6.18. The van der Waals surface area contributed by atoms with Crippen LogP contribution in [0.25, 0.3) is 0 Å². The summed E-state index contributed by atoms with van der Waals surface area (Å²) in [6.45, 7) is 3.39. The van der Waals surface area contributed by atoms with E-state index >= 15 is 0 Å². The summed E-state index contributed by atoms with van der Waals surface area (Å²) >= 11 is 0. The van der Waals surface area contributed by atoms with Gasteiger partial charge in [0.1, 0.15) is 5.76 Å². The Kier molecular flexibility index (Phi) is 4.05. The first-order valence-electron chi connectivity index (χ1n) is 7.61. The summed E-state index contributed by atoms with van der Waals surface area (Å²) in [5, 5.41) is 7.04. The van der Waals surface area contributed by atoms with Gasteiger partial charge in [-0.15, -0.1) is 0 Å². The minimum atomic E-state index is 0.0156. The average Bonchev–Trinajstić information content (AvgIpc) is 2.68. The van der Waals surface area contributed by atoms with Crippen LogP contribution in [0.3, 0.4) is 0 Å². The first-order chi connectivity index (χ1) is 9.75. The Labute approximate surface area is 119 Å². The Morgan fingerprint density at radius 3 is 3.00 bits per heavy atom. The van der Waals surface area contributed by atoms with Crippen molar-refractivity contribution < 1.29 is 14.1 Å². The quantitative estimate of drug-likeness (QED) is 0.844. The van der Waals surface area contributed by atoms with Gasteiger partial charge in [-0.3, -0.25) is 4.79 Å². The number of anilines is 1. The molecule has 0 bridgehead atoms. The molecule has 1 saturated heterocycles. The highest BCUT2D eigenvalue weighted by Gasteiger charge is 2.30. The largest absolute Gasteiger partial charge is 0.381 e. The summed E-state index contributed by atoms with van der Waals surface area (Å²) in [5.41, 5.74) is 1.11. The highest BCUT2D eigenvalue weighted by atomic mass is 16.5. The van der Waals surface area contributed by atoms with E-state index in [1.54, 1.807) is 0 Å². The molecule has 1 amide bonds. The topological polar surface area (TPSA) is 64.4 Å². The zero-order valence-electron chi connectivity index (χ0n) is 12.0. The number of nitrogens with zero attached hydrogens (tertiary/aromatic N) is 1. The Bertz CT molecular complexity index is 483. The number of hydrogen-bond acceptors (Lipinski definition) is 4. The molecule has 0 saturated carbocycles. The molecule has 2 unspecified atom stereocenters. The fraction of sp³-hybridized carbons (Fsp3) is 0.733. The Morgan fingerprint density at radius 1 is 1.30 bits per heavy atom. The predicted molar refractivity (Wildman–Crippen MR) is 74.5 cm³/mol. The molecular weight excluding hydrogens is 256 g/mol. The molecule has 0 radical (unpaired) electrons. The molecule has 1 aromatic rings. The molecule has 0 aromatic carbocycles. The lowest BCUT2D eigenvalue weighted by Crippen LogP contribution is -2.35. The molecule has 0 spiro atoms. The van der Waals surface area contributed by atoms with Gasteiger partial charge in [0, 0.05) is 31.1 Å². The van der Waals surface area contributed by atoms with E-state index in [1.807, 2.05) is 0 Å². The van der Waals surface area contributed by atoms with Crippen molar-refractivity contribution in [3.05, 3.63) is 11.3 Å². The number of fused-ring (bicyclic) bond motifs is 1. The lowest BCUT2D eigenvalue weighted by atomic mass is 9.89. The molecule has 5 nitrogen and oxygen atoms in total. The van der Waals surface area contributed by atoms with Gasteiger partial charge in [-0.05, 0) is 31.6 Å². The van der Waals surface area contributed by atoms with Crippen molar-refractivity contribution in [2.45, 2.75) is 45.4 Å². The number of aromatic nitrogens is 1. The van der Waals surface area contributed by atoms with Crippen LogP contribution in [0.4, 0.5) is 5.82 Å². The van der Waals surface area contributed by atoms with E-state index in [-0.39, 0.29) is 17.7 Å². The summed E-state index contributed by atoms with van der Waals surface area (Å²) in [7, 11) is 0. The van der Waals surface area contributed by atoms with Crippen molar-refractivity contribution in [3.8, 4) is 0 Å². The summed E-state index contributed by atoms with van der Waals surface area (Å²) in [6, 6.07) is 0. The van der Waals surface area contributed by atoms with E-state index in [0.29, 0.717) is 19.0 Å². The van der Waals surface area contributed by atoms with E-state index in [0.717, 1.165) is 43.4 Å². The third kappa shape index (κ3) is 2.73. The fourth-order valence-corrected chi connectivity index (χ4v) is 3.14. The van der Waals surface area contributed by atoms with Gasteiger partial charge in [0.15, 0.2) is 5.82 Å². The number of ether oxygens (including phenoxy) is 1. The van der Waals surface area contributed by atoms with Crippen molar-refractivity contribution in [1.82, 2.24) is 5.16 Å². The third-order valence-corrected chi connectivity index (χ3v) is 4.42. The molecule has 1 aliphatic heterocycles. The van der Waals surface area contributed by atoms with Gasteiger partial charge in [0.05, 0.1) is 0 Å². The van der Waals surface area contributed by atoms with Crippen LogP contribution in [0.2, 0.25) is 0 Å². The van der Waals surface area contributed by atoms with Gasteiger partial charge in [0.2, 0.25) is 5.91 Å². The van der Waals surface area contributed by atoms with Crippen LogP contribution in [0.15, 0.2) is 4.52 Å². The molecule has 20 heavy (non-hydrogen) atoms. The van der Waals surface area contributed by atoms with Gasteiger partial charge < -0.3 is 14.6 Å². The SMILES string of the molecule is CC1COCCC1C(=O)Nc1noc2c1CCCCC2. The minimum Gasteiger partial charge on any atom is -0.381 e. The van der Waals surface area contributed by atoms with Gasteiger partial charge in [0.25, 0.3) is 0 Å². The van der Waals surface area contributed by atoms with E-state index in [4.69, 9.17) is 9.26 Å². The van der Waals surface area contributed by atoms with Crippen LogP contribution in [-0.2, 0) is 22.4 Å². The van der Waals surface area contributed by atoms with Crippen LogP contribution < -0.4 is 5.32 Å². The summed E-state index contributed by atoms with van der Waals surface area (Å²) < 4.78 is 10.8. The summed E-state index contributed by atoms with van der Waals surface area (Å²) in [4.78, 5) is 12.4. The van der Waals surface area contributed by atoms with Gasteiger partial charge >= 0.3 is 0 Å². The molecule has 1 aromatic heterocycles. The number of aryl methyl sites for hydroxylation is 1. The maximum atomic E-state index is 12.4. The molecule has 2 aliphatic rings. The van der Waals surface area contributed by atoms with Crippen molar-refractivity contribution >= 4 is 11.7 Å². The number of rotatable bonds is 2. The zero-order valence-corrected chi connectivity index (χ0v) is 12.0. The normalized spacial score (nSPS) is 26.6. The molecule has 5 heteroatoms. The molecule has 1 aliphatic carbocycles. The second-order valence-corrected chi connectivity index (χ2v) is 5.93. The third-order valence-electron chi connectivity index (χ3n) is 4.42. The van der Waals surface area contributed by atoms with Crippen molar-refractivity contribution in [2.24, 2.45) is 11.8 Å². The average molecular weight is 278 g/mol. The van der Waals surface area contributed by atoms with Crippen molar-refractivity contribution in [1.29, 1.82) is 0 Å². The Morgan fingerprint density at radius 2 is 2.15 bits per heavy atom. The molecule has 2 atom stereocenters. The van der Waals surface area contributed by atoms with Crippen LogP contribution in [0.5, 0.6) is 0 Å². The number of hydrogen-bond donors (Lipinski definition) is 1. The zero-order chi connectivity index (χ0) is 13.9. The van der Waals surface area contributed by atoms with Crippen LogP contribution >= 0.6 is 0 Å². The molecule has 3 rings (SSSR count). The lowest BCUT2D eigenvalue weighted by Gasteiger charge is -2.27. The smallest absolute Gasteiger partial charge is 0.229 e. The van der Waals surface area contributed by atoms with Gasteiger partial charge in [-0.2, -0.15) is 0 Å². The van der Waals surface area contributed by atoms with E-state index in [1.165, 1.54) is 6.42 Å². The standard InChI is InChI=1S/C15H22N2O3/c1-10-9-19-8-7-11(10)15(18)16-14-12-5-3-2-4-6-13(12)20-17-14/h10-11H,2-9H2,1H3,(H,16,17,18). The number of amides is 1. The fourth-order valence-electron chi connectivity index (χ4n) is 3.14. The Hall–Kier alpha value is -1.36. The van der Waals surface area contributed by atoms with E-state index in [2.05, 4.69) is 17.4 Å². The highest BCUT2D eigenvalue weighted by Crippen LogP contribution is 2.28. The molecule has 2 heterocycles. The number of carbonyl (C=O) groups is 1. The maximum absolute atomic E-state index is 12.4. The van der Waals surface area contributed by atoms with E-state index < -0.39 is 0 Å². The first kappa shape index (κ1) is 13.6. The minimum absolute atomic E-state index is 0.0156. The second kappa shape index (κ2) is 5.95. The second-order valence-electron chi connectivity index (χ2n) is 5.93. The monoisotopic (exact) mass is 278 g/mol.